The first-order valence-electron chi connectivity index (χ1n) is 7.72. The lowest BCUT2D eigenvalue weighted by Crippen LogP contribution is -2.26. The lowest BCUT2D eigenvalue weighted by molar-refractivity contribution is 0.0950. The van der Waals surface area contributed by atoms with Crippen molar-refractivity contribution in [3.8, 4) is 11.8 Å². The van der Waals surface area contributed by atoms with Gasteiger partial charge in [0.2, 0.25) is 0 Å². The molecule has 1 aliphatic rings. The van der Waals surface area contributed by atoms with Crippen LogP contribution in [0.1, 0.15) is 54.4 Å². The molecular formula is C17H23N3O. The van der Waals surface area contributed by atoms with Gasteiger partial charge in [0, 0.05) is 24.5 Å². The van der Waals surface area contributed by atoms with Crippen LogP contribution in [0.2, 0.25) is 0 Å². The van der Waals surface area contributed by atoms with E-state index in [1.165, 1.54) is 32.1 Å². The van der Waals surface area contributed by atoms with Gasteiger partial charge in [-0.2, -0.15) is 0 Å². The minimum absolute atomic E-state index is 0.0743. The first-order chi connectivity index (χ1) is 10.3. The third-order valence-corrected chi connectivity index (χ3v) is 3.90. The number of hydrogen-bond acceptors (Lipinski definition) is 3. The Hall–Kier alpha value is -1.86. The third kappa shape index (κ3) is 5.20. The highest BCUT2D eigenvalue weighted by Gasteiger charge is 2.13. The highest BCUT2D eigenvalue weighted by Crippen LogP contribution is 2.25. The van der Waals surface area contributed by atoms with E-state index in [1.807, 2.05) is 0 Å². The molecule has 4 heteroatoms. The number of nitrogens with zero attached hydrogens (tertiary/aromatic N) is 1. The highest BCUT2D eigenvalue weighted by atomic mass is 16.1. The number of amides is 1. The third-order valence-electron chi connectivity index (χ3n) is 3.90. The molecule has 0 atom stereocenters. The summed E-state index contributed by atoms with van der Waals surface area (Å²) in [7, 11) is 0. The van der Waals surface area contributed by atoms with Crippen molar-refractivity contribution in [1.29, 1.82) is 0 Å². The molecular weight excluding hydrogens is 262 g/mol. The van der Waals surface area contributed by atoms with Gasteiger partial charge in [-0.25, -0.2) is 0 Å². The summed E-state index contributed by atoms with van der Waals surface area (Å²) in [5.74, 6) is 6.36. The maximum atomic E-state index is 12.1. The molecule has 21 heavy (non-hydrogen) atoms. The van der Waals surface area contributed by atoms with Gasteiger partial charge in [-0.15, -0.1) is 0 Å². The Morgan fingerprint density at radius 3 is 2.90 bits per heavy atom. The minimum Gasteiger partial charge on any atom is -0.352 e. The molecule has 112 valence electrons. The first-order valence-corrected chi connectivity index (χ1v) is 7.72. The van der Waals surface area contributed by atoms with Crippen LogP contribution in [0, 0.1) is 17.8 Å². The van der Waals surface area contributed by atoms with E-state index in [9.17, 15) is 4.79 Å². The zero-order valence-electron chi connectivity index (χ0n) is 12.4. The Balaban J connectivity index is 1.82. The quantitative estimate of drug-likeness (QED) is 0.832. The summed E-state index contributed by atoms with van der Waals surface area (Å²) < 4.78 is 0. The minimum atomic E-state index is -0.0743. The lowest BCUT2D eigenvalue weighted by Gasteiger charge is -2.21. The van der Waals surface area contributed by atoms with Crippen LogP contribution in [0.4, 0.5) is 0 Å². The number of pyridine rings is 1. The van der Waals surface area contributed by atoms with Crippen molar-refractivity contribution >= 4 is 5.91 Å². The lowest BCUT2D eigenvalue weighted by atomic mass is 9.87. The number of carbonyl (C=O) groups excluding carboxylic acids is 1. The predicted octanol–water partition coefficient (Wildman–Crippen LogP) is 2.09. The molecule has 1 aromatic heterocycles. The fourth-order valence-corrected chi connectivity index (χ4v) is 2.75. The molecule has 0 saturated heterocycles. The molecule has 0 spiro atoms. The van der Waals surface area contributed by atoms with E-state index in [2.05, 4.69) is 22.1 Å². The van der Waals surface area contributed by atoms with Gasteiger partial charge >= 0.3 is 0 Å². The molecule has 1 fully saturated rings. The average molecular weight is 285 g/mol. The smallest absolute Gasteiger partial charge is 0.252 e. The van der Waals surface area contributed by atoms with Crippen LogP contribution in [0.15, 0.2) is 18.5 Å². The molecule has 0 aliphatic heterocycles. The van der Waals surface area contributed by atoms with E-state index in [0.717, 1.165) is 24.4 Å². The van der Waals surface area contributed by atoms with Crippen LogP contribution >= 0.6 is 0 Å². The Kier molecular flexibility index (Phi) is 6.23. The van der Waals surface area contributed by atoms with Gasteiger partial charge in [0.05, 0.1) is 12.1 Å². The summed E-state index contributed by atoms with van der Waals surface area (Å²) in [6, 6.07) is 1.76. The molecule has 1 saturated carbocycles. The van der Waals surface area contributed by atoms with Crippen molar-refractivity contribution in [2.24, 2.45) is 11.7 Å². The standard InChI is InChI=1S/C17H23N3O/c18-9-4-7-15-11-16(13-19-12-15)17(21)20-10-8-14-5-2-1-3-6-14/h11-14H,1-3,5-6,8-10,18H2,(H,20,21). The van der Waals surface area contributed by atoms with Crippen molar-refractivity contribution < 1.29 is 4.79 Å². The molecule has 0 unspecified atom stereocenters. The number of rotatable bonds is 4. The summed E-state index contributed by atoms with van der Waals surface area (Å²) in [6.07, 6.45) is 10.9. The van der Waals surface area contributed by atoms with E-state index in [-0.39, 0.29) is 5.91 Å². The van der Waals surface area contributed by atoms with Crippen LogP contribution in [0.5, 0.6) is 0 Å². The largest absolute Gasteiger partial charge is 0.352 e. The van der Waals surface area contributed by atoms with Gasteiger partial charge in [0.15, 0.2) is 0 Å². The van der Waals surface area contributed by atoms with Gasteiger partial charge in [-0.1, -0.05) is 43.9 Å². The SMILES string of the molecule is NCC#Cc1cncc(C(=O)NCCC2CCCCC2)c1. The second-order valence-electron chi connectivity index (χ2n) is 5.52. The van der Waals surface area contributed by atoms with Crippen LogP contribution in [0.25, 0.3) is 0 Å². The molecule has 0 radical (unpaired) electrons. The molecule has 1 amide bonds. The van der Waals surface area contributed by atoms with Crippen molar-refractivity contribution in [3.05, 3.63) is 29.6 Å². The van der Waals surface area contributed by atoms with Crippen LogP contribution in [-0.2, 0) is 0 Å². The van der Waals surface area contributed by atoms with Gasteiger partial charge in [0.1, 0.15) is 0 Å². The van der Waals surface area contributed by atoms with Crippen LogP contribution in [0.3, 0.4) is 0 Å². The Labute approximate surface area is 126 Å². The summed E-state index contributed by atoms with van der Waals surface area (Å²) in [5.41, 5.74) is 6.62. The second kappa shape index (κ2) is 8.43. The molecule has 0 bridgehead atoms. The number of nitrogens with two attached hydrogens (primary N) is 1. The number of carbonyl (C=O) groups is 1. The van der Waals surface area contributed by atoms with E-state index in [1.54, 1.807) is 18.5 Å². The van der Waals surface area contributed by atoms with Gasteiger partial charge < -0.3 is 11.1 Å². The van der Waals surface area contributed by atoms with Gasteiger partial charge in [0.25, 0.3) is 5.91 Å². The molecule has 0 aromatic carbocycles. The summed E-state index contributed by atoms with van der Waals surface area (Å²) in [4.78, 5) is 16.1. The zero-order valence-corrected chi connectivity index (χ0v) is 12.4. The molecule has 3 N–H and O–H groups in total. The second-order valence-corrected chi connectivity index (χ2v) is 5.52. The average Bonchev–Trinajstić information content (AvgIpc) is 2.54. The van der Waals surface area contributed by atoms with Crippen LogP contribution in [-0.4, -0.2) is 24.0 Å². The Morgan fingerprint density at radius 2 is 2.14 bits per heavy atom. The van der Waals surface area contributed by atoms with Gasteiger partial charge in [-0.3, -0.25) is 9.78 Å². The molecule has 1 aliphatic carbocycles. The highest BCUT2D eigenvalue weighted by molar-refractivity contribution is 5.94. The summed E-state index contributed by atoms with van der Waals surface area (Å²) >= 11 is 0. The van der Waals surface area contributed by atoms with E-state index in [4.69, 9.17) is 5.73 Å². The predicted molar refractivity (Wildman–Crippen MR) is 83.7 cm³/mol. The first kappa shape index (κ1) is 15.5. The summed E-state index contributed by atoms with van der Waals surface area (Å²) in [5, 5.41) is 2.98. The van der Waals surface area contributed by atoms with E-state index < -0.39 is 0 Å². The summed E-state index contributed by atoms with van der Waals surface area (Å²) in [6.45, 7) is 1.04. The normalized spacial score (nSPS) is 15.1. The fourth-order valence-electron chi connectivity index (χ4n) is 2.75. The van der Waals surface area contributed by atoms with Crippen molar-refractivity contribution in [3.63, 3.8) is 0 Å². The maximum Gasteiger partial charge on any atom is 0.252 e. The zero-order chi connectivity index (χ0) is 14.9. The number of hydrogen-bond donors (Lipinski definition) is 2. The molecule has 4 nitrogen and oxygen atoms in total. The number of aromatic nitrogens is 1. The van der Waals surface area contributed by atoms with Crippen molar-refractivity contribution in [1.82, 2.24) is 10.3 Å². The van der Waals surface area contributed by atoms with Crippen molar-refractivity contribution in [2.45, 2.75) is 38.5 Å². The van der Waals surface area contributed by atoms with Gasteiger partial charge in [-0.05, 0) is 18.4 Å². The maximum absolute atomic E-state index is 12.1. The molecule has 2 rings (SSSR count). The Bertz CT molecular complexity index is 524. The topological polar surface area (TPSA) is 68.0 Å². The molecule has 1 heterocycles. The monoisotopic (exact) mass is 285 g/mol. The Morgan fingerprint density at radius 1 is 1.33 bits per heavy atom. The molecule has 1 aromatic rings. The fraction of sp³-hybridized carbons (Fsp3) is 0.529. The number of nitrogens with one attached hydrogen (secondary N) is 1. The van der Waals surface area contributed by atoms with E-state index in [0.29, 0.717) is 12.1 Å². The van der Waals surface area contributed by atoms with Crippen molar-refractivity contribution in [2.75, 3.05) is 13.1 Å². The van der Waals surface area contributed by atoms with E-state index >= 15 is 0 Å². The van der Waals surface area contributed by atoms with Crippen LogP contribution < -0.4 is 11.1 Å².